The number of rotatable bonds is 1. The third kappa shape index (κ3) is 1.99. The highest BCUT2D eigenvalue weighted by molar-refractivity contribution is 8.14. The SMILES string of the molecule is CC1=NCNC(C(C)C)S1. The predicted molar refractivity (Wildman–Crippen MR) is 47.3 cm³/mol. The second-order valence-electron chi connectivity index (χ2n) is 2.82. The van der Waals surface area contributed by atoms with Gasteiger partial charge in [-0.15, -0.1) is 0 Å². The van der Waals surface area contributed by atoms with Gasteiger partial charge in [0, 0.05) is 0 Å². The van der Waals surface area contributed by atoms with Crippen LogP contribution in [-0.4, -0.2) is 17.1 Å². The van der Waals surface area contributed by atoms with Crippen LogP contribution in [0.2, 0.25) is 0 Å². The van der Waals surface area contributed by atoms with Gasteiger partial charge in [0.05, 0.1) is 17.1 Å². The largest absolute Gasteiger partial charge is 0.286 e. The molecule has 0 saturated carbocycles. The molecule has 0 bridgehead atoms. The molecule has 0 fully saturated rings. The second-order valence-corrected chi connectivity index (χ2v) is 4.16. The van der Waals surface area contributed by atoms with Crippen molar-refractivity contribution in [2.45, 2.75) is 26.1 Å². The minimum Gasteiger partial charge on any atom is -0.286 e. The van der Waals surface area contributed by atoms with Crippen LogP contribution in [0.4, 0.5) is 0 Å². The zero-order valence-electron chi connectivity index (χ0n) is 6.72. The third-order valence-corrected chi connectivity index (χ3v) is 2.93. The van der Waals surface area contributed by atoms with E-state index < -0.39 is 0 Å². The molecule has 0 radical (unpaired) electrons. The molecule has 3 heteroatoms. The number of thioether (sulfide) groups is 1. The van der Waals surface area contributed by atoms with Crippen molar-refractivity contribution in [1.82, 2.24) is 5.32 Å². The maximum atomic E-state index is 4.23. The minimum atomic E-state index is 0.567. The molecule has 58 valence electrons. The van der Waals surface area contributed by atoms with Gasteiger partial charge in [-0.1, -0.05) is 25.6 Å². The van der Waals surface area contributed by atoms with Crippen LogP contribution in [0.25, 0.3) is 0 Å². The van der Waals surface area contributed by atoms with E-state index >= 15 is 0 Å². The summed E-state index contributed by atoms with van der Waals surface area (Å²) in [7, 11) is 0. The van der Waals surface area contributed by atoms with Crippen molar-refractivity contribution in [2.75, 3.05) is 6.67 Å². The van der Waals surface area contributed by atoms with Crippen LogP contribution in [0.15, 0.2) is 4.99 Å². The Kier molecular flexibility index (Phi) is 2.74. The first kappa shape index (κ1) is 8.08. The molecule has 0 amide bonds. The van der Waals surface area contributed by atoms with E-state index in [1.165, 1.54) is 5.04 Å². The Morgan fingerprint density at radius 2 is 2.40 bits per heavy atom. The Bertz CT molecular complexity index is 143. The molecule has 10 heavy (non-hydrogen) atoms. The van der Waals surface area contributed by atoms with E-state index in [2.05, 4.69) is 31.1 Å². The first-order chi connectivity index (χ1) is 4.70. The van der Waals surface area contributed by atoms with E-state index in [1.807, 2.05) is 11.8 Å². The molecule has 0 aromatic rings. The van der Waals surface area contributed by atoms with Gasteiger partial charge in [-0.3, -0.25) is 10.3 Å². The van der Waals surface area contributed by atoms with Crippen molar-refractivity contribution < 1.29 is 0 Å². The molecule has 2 nitrogen and oxygen atoms in total. The summed E-state index contributed by atoms with van der Waals surface area (Å²) in [5.74, 6) is 0.690. The Morgan fingerprint density at radius 3 is 2.80 bits per heavy atom. The molecule has 1 rings (SSSR count). The molecule has 0 aliphatic carbocycles. The Hall–Kier alpha value is -0.0200. The van der Waals surface area contributed by atoms with Crippen molar-refractivity contribution in [1.29, 1.82) is 0 Å². The van der Waals surface area contributed by atoms with E-state index in [9.17, 15) is 0 Å². The lowest BCUT2D eigenvalue weighted by molar-refractivity contribution is 0.519. The smallest absolute Gasteiger partial charge is 0.0902 e. The summed E-state index contributed by atoms with van der Waals surface area (Å²) in [6.07, 6.45) is 0. The fraction of sp³-hybridized carbons (Fsp3) is 0.857. The summed E-state index contributed by atoms with van der Waals surface area (Å²) in [6, 6.07) is 0. The lowest BCUT2D eigenvalue weighted by atomic mass is 10.2. The Balaban J connectivity index is 2.45. The maximum absolute atomic E-state index is 4.23. The van der Waals surface area contributed by atoms with Crippen molar-refractivity contribution in [3.63, 3.8) is 0 Å². The van der Waals surface area contributed by atoms with Crippen molar-refractivity contribution in [2.24, 2.45) is 10.9 Å². The average molecular weight is 158 g/mol. The topological polar surface area (TPSA) is 24.4 Å². The number of hydrogen-bond donors (Lipinski definition) is 1. The Morgan fingerprint density at radius 1 is 1.70 bits per heavy atom. The molecule has 1 aliphatic heterocycles. The number of nitrogens with zero attached hydrogens (tertiary/aromatic N) is 1. The summed E-state index contributed by atoms with van der Waals surface area (Å²) in [5, 5.41) is 5.10. The second kappa shape index (κ2) is 3.39. The van der Waals surface area contributed by atoms with E-state index in [0.29, 0.717) is 11.3 Å². The van der Waals surface area contributed by atoms with Crippen molar-refractivity contribution in [3.8, 4) is 0 Å². The van der Waals surface area contributed by atoms with Gasteiger partial charge >= 0.3 is 0 Å². The van der Waals surface area contributed by atoms with Gasteiger partial charge in [0.1, 0.15) is 0 Å². The lowest BCUT2D eigenvalue weighted by Crippen LogP contribution is -2.35. The molecule has 1 aliphatic rings. The van der Waals surface area contributed by atoms with Crippen LogP contribution in [0.3, 0.4) is 0 Å². The zero-order valence-corrected chi connectivity index (χ0v) is 7.53. The first-order valence-corrected chi connectivity index (χ1v) is 4.49. The number of hydrogen-bond acceptors (Lipinski definition) is 3. The summed E-state index contributed by atoms with van der Waals surface area (Å²) >= 11 is 1.83. The Labute approximate surface area is 66.5 Å². The van der Waals surface area contributed by atoms with Crippen LogP contribution in [0.5, 0.6) is 0 Å². The standard InChI is InChI=1S/C7H14N2S/c1-5(2)7-9-4-8-6(3)10-7/h5,7,9H,4H2,1-3H3. The molecule has 1 N–H and O–H groups in total. The molecular weight excluding hydrogens is 144 g/mol. The summed E-state index contributed by atoms with van der Waals surface area (Å²) < 4.78 is 0. The maximum Gasteiger partial charge on any atom is 0.0902 e. The van der Waals surface area contributed by atoms with Gasteiger partial charge in [0.2, 0.25) is 0 Å². The van der Waals surface area contributed by atoms with Gasteiger partial charge in [0.25, 0.3) is 0 Å². The first-order valence-electron chi connectivity index (χ1n) is 3.61. The fourth-order valence-corrected chi connectivity index (χ4v) is 1.82. The zero-order chi connectivity index (χ0) is 7.56. The van der Waals surface area contributed by atoms with Crippen LogP contribution < -0.4 is 5.32 Å². The van der Waals surface area contributed by atoms with Crippen LogP contribution in [0, 0.1) is 5.92 Å². The monoisotopic (exact) mass is 158 g/mol. The van der Waals surface area contributed by atoms with Gasteiger partial charge in [-0.25, -0.2) is 0 Å². The molecule has 1 heterocycles. The number of aliphatic imine (C=N–C) groups is 1. The van der Waals surface area contributed by atoms with Gasteiger partial charge in [0.15, 0.2) is 0 Å². The quantitative estimate of drug-likeness (QED) is 0.628. The lowest BCUT2D eigenvalue weighted by Gasteiger charge is -2.24. The molecule has 0 spiro atoms. The minimum absolute atomic E-state index is 0.567. The molecule has 0 aromatic heterocycles. The van der Waals surface area contributed by atoms with E-state index in [-0.39, 0.29) is 0 Å². The van der Waals surface area contributed by atoms with Crippen molar-refractivity contribution >= 4 is 16.8 Å². The highest BCUT2D eigenvalue weighted by Crippen LogP contribution is 2.20. The normalized spacial score (nSPS) is 26.8. The van der Waals surface area contributed by atoms with Gasteiger partial charge < -0.3 is 0 Å². The summed E-state index contributed by atoms with van der Waals surface area (Å²) in [6.45, 7) is 7.31. The molecule has 1 unspecified atom stereocenters. The third-order valence-electron chi connectivity index (χ3n) is 1.50. The summed E-state index contributed by atoms with van der Waals surface area (Å²) in [5.41, 5.74) is 0. The molecule has 1 atom stereocenters. The van der Waals surface area contributed by atoms with E-state index in [1.54, 1.807) is 0 Å². The highest BCUT2D eigenvalue weighted by atomic mass is 32.2. The molecule has 0 saturated heterocycles. The highest BCUT2D eigenvalue weighted by Gasteiger charge is 2.16. The van der Waals surface area contributed by atoms with Crippen LogP contribution >= 0.6 is 11.8 Å². The van der Waals surface area contributed by atoms with Crippen LogP contribution in [0.1, 0.15) is 20.8 Å². The molecule has 0 aromatic carbocycles. The van der Waals surface area contributed by atoms with E-state index in [4.69, 9.17) is 0 Å². The van der Waals surface area contributed by atoms with Crippen molar-refractivity contribution in [3.05, 3.63) is 0 Å². The van der Waals surface area contributed by atoms with E-state index in [0.717, 1.165) is 6.67 Å². The average Bonchev–Trinajstić information content (AvgIpc) is 1.88. The van der Waals surface area contributed by atoms with Gasteiger partial charge in [-0.05, 0) is 12.8 Å². The fourth-order valence-electron chi connectivity index (χ4n) is 0.881. The van der Waals surface area contributed by atoms with Gasteiger partial charge in [-0.2, -0.15) is 0 Å². The summed E-state index contributed by atoms with van der Waals surface area (Å²) in [4.78, 5) is 4.23. The number of nitrogens with one attached hydrogen (secondary N) is 1. The molecular formula is C7H14N2S. The van der Waals surface area contributed by atoms with Crippen LogP contribution in [-0.2, 0) is 0 Å². The predicted octanol–water partition coefficient (Wildman–Crippen LogP) is 1.68.